The minimum atomic E-state index is -1.00. The molecule has 0 fully saturated rings. The molecule has 29 heavy (non-hydrogen) atoms. The van der Waals surface area contributed by atoms with Gasteiger partial charge in [0.1, 0.15) is 5.82 Å². The van der Waals surface area contributed by atoms with E-state index in [2.05, 4.69) is 25.9 Å². The molecule has 0 aliphatic heterocycles. The van der Waals surface area contributed by atoms with Gasteiger partial charge in [0.05, 0.1) is 22.0 Å². The first-order valence-electron chi connectivity index (χ1n) is 8.67. The molecule has 0 radical (unpaired) electrons. The molecule has 144 valence electrons. The summed E-state index contributed by atoms with van der Waals surface area (Å²) in [5.41, 5.74) is 2.92. The van der Waals surface area contributed by atoms with E-state index >= 15 is 0 Å². The first-order chi connectivity index (χ1) is 13.9. The monoisotopic (exact) mass is 468 g/mol. The highest BCUT2D eigenvalue weighted by Gasteiger charge is 2.18. The van der Waals surface area contributed by atoms with Crippen molar-refractivity contribution >= 4 is 45.4 Å². The van der Waals surface area contributed by atoms with Crippen LogP contribution in [0.2, 0.25) is 0 Å². The Hall–Kier alpha value is -2.77. The molecule has 7 heteroatoms. The second kappa shape index (κ2) is 7.93. The van der Waals surface area contributed by atoms with Gasteiger partial charge in [0.15, 0.2) is 5.82 Å². The van der Waals surface area contributed by atoms with Crippen LogP contribution in [0.1, 0.15) is 26.9 Å². The summed E-state index contributed by atoms with van der Waals surface area (Å²) in [5, 5.41) is 9.18. The van der Waals surface area contributed by atoms with Gasteiger partial charge in [-0.2, -0.15) is 12.6 Å². The van der Waals surface area contributed by atoms with Crippen LogP contribution in [0.5, 0.6) is 0 Å². The molecule has 1 aromatic heterocycles. The summed E-state index contributed by atoms with van der Waals surface area (Å²) in [6, 6.07) is 18.4. The van der Waals surface area contributed by atoms with Crippen molar-refractivity contribution in [2.45, 2.75) is 5.25 Å². The summed E-state index contributed by atoms with van der Waals surface area (Å²) >= 11 is 8.13. The molecule has 0 bridgehead atoms. The molecule has 0 aliphatic rings. The lowest BCUT2D eigenvalue weighted by molar-refractivity contribution is 0.0697. The number of benzene rings is 3. The summed E-state index contributed by atoms with van der Waals surface area (Å²) in [6.07, 6.45) is 0. The maximum absolute atomic E-state index is 13.9. The van der Waals surface area contributed by atoms with Crippen molar-refractivity contribution in [2.24, 2.45) is 0 Å². The average molecular weight is 469 g/mol. The molecular formula is C22H14BrFN2O2S. The van der Waals surface area contributed by atoms with E-state index in [-0.39, 0.29) is 11.4 Å². The number of aromatic carboxylic acids is 1. The van der Waals surface area contributed by atoms with Gasteiger partial charge in [-0.05, 0) is 48.0 Å². The van der Waals surface area contributed by atoms with Crippen molar-refractivity contribution in [3.8, 4) is 11.4 Å². The fraction of sp³-hybridized carbons (Fsp3) is 0.0455. The van der Waals surface area contributed by atoms with Crippen LogP contribution in [-0.4, -0.2) is 21.0 Å². The van der Waals surface area contributed by atoms with Gasteiger partial charge in [0.25, 0.3) is 0 Å². The van der Waals surface area contributed by atoms with Gasteiger partial charge >= 0.3 is 5.97 Å². The molecule has 0 amide bonds. The average Bonchev–Trinajstić information content (AvgIpc) is 2.73. The number of rotatable bonds is 4. The van der Waals surface area contributed by atoms with Gasteiger partial charge in [-0.25, -0.2) is 19.2 Å². The third-order valence-electron chi connectivity index (χ3n) is 4.52. The van der Waals surface area contributed by atoms with Crippen LogP contribution in [0, 0.1) is 5.82 Å². The molecule has 1 atom stereocenters. The number of aromatic nitrogens is 2. The standard InChI is InChI=1S/C22H14BrFN2O2S/c23-15-7-5-13(6-8-15)21-25-18-10-9-16(24)11-17(18)19(26-21)20(29)12-1-3-14(4-2-12)22(27)28/h1-11,20,29H,(H,27,28). The van der Waals surface area contributed by atoms with E-state index in [1.807, 2.05) is 24.3 Å². The molecule has 1 unspecified atom stereocenters. The third-order valence-corrected chi connectivity index (χ3v) is 5.59. The van der Waals surface area contributed by atoms with Crippen LogP contribution in [0.3, 0.4) is 0 Å². The Kier molecular flexibility index (Phi) is 5.34. The number of halogens is 2. The largest absolute Gasteiger partial charge is 0.478 e. The summed E-state index contributed by atoms with van der Waals surface area (Å²) < 4.78 is 14.9. The fourth-order valence-corrected chi connectivity index (χ4v) is 3.66. The van der Waals surface area contributed by atoms with E-state index in [1.165, 1.54) is 24.3 Å². The van der Waals surface area contributed by atoms with Crippen LogP contribution in [0.15, 0.2) is 71.2 Å². The first-order valence-corrected chi connectivity index (χ1v) is 9.98. The minimum Gasteiger partial charge on any atom is -0.478 e. The van der Waals surface area contributed by atoms with Gasteiger partial charge in [-0.3, -0.25) is 0 Å². The van der Waals surface area contributed by atoms with Crippen molar-refractivity contribution < 1.29 is 14.3 Å². The lowest BCUT2D eigenvalue weighted by Gasteiger charge is -2.15. The molecule has 1 N–H and O–H groups in total. The van der Waals surface area contributed by atoms with Crippen LogP contribution >= 0.6 is 28.6 Å². The SMILES string of the molecule is O=C(O)c1ccc(C(S)c2nc(-c3ccc(Br)cc3)nc3ccc(F)cc23)cc1. The Morgan fingerprint density at radius 1 is 1.00 bits per heavy atom. The number of nitrogens with zero attached hydrogens (tertiary/aromatic N) is 2. The Bertz CT molecular complexity index is 1210. The second-order valence-corrected chi connectivity index (χ2v) is 7.86. The fourth-order valence-electron chi connectivity index (χ4n) is 3.03. The number of thiol groups is 1. The molecule has 0 saturated carbocycles. The van der Waals surface area contributed by atoms with Gasteiger partial charge in [-0.1, -0.05) is 40.2 Å². The predicted octanol–water partition coefficient (Wildman–Crippen LogP) is 5.92. The summed E-state index contributed by atoms with van der Waals surface area (Å²) in [6.45, 7) is 0. The van der Waals surface area contributed by atoms with Crippen LogP contribution in [-0.2, 0) is 0 Å². The van der Waals surface area contributed by atoms with E-state index in [9.17, 15) is 9.18 Å². The van der Waals surface area contributed by atoms with Crippen LogP contribution in [0.25, 0.3) is 22.3 Å². The van der Waals surface area contributed by atoms with E-state index in [0.717, 1.165) is 15.6 Å². The minimum absolute atomic E-state index is 0.184. The molecule has 3 aromatic carbocycles. The summed E-state index contributed by atoms with van der Waals surface area (Å²) in [4.78, 5) is 20.4. The van der Waals surface area contributed by atoms with Crippen molar-refractivity contribution in [1.82, 2.24) is 9.97 Å². The van der Waals surface area contributed by atoms with Crippen LogP contribution < -0.4 is 0 Å². The Morgan fingerprint density at radius 3 is 2.34 bits per heavy atom. The third kappa shape index (κ3) is 4.02. The lowest BCUT2D eigenvalue weighted by atomic mass is 10.0. The predicted molar refractivity (Wildman–Crippen MR) is 117 cm³/mol. The number of carboxylic acids is 1. The highest BCUT2D eigenvalue weighted by molar-refractivity contribution is 9.10. The van der Waals surface area contributed by atoms with Gasteiger partial charge in [-0.15, -0.1) is 0 Å². The van der Waals surface area contributed by atoms with Gasteiger partial charge < -0.3 is 5.11 Å². The van der Waals surface area contributed by atoms with E-state index in [1.54, 1.807) is 18.2 Å². The van der Waals surface area contributed by atoms with Crippen molar-refractivity contribution in [1.29, 1.82) is 0 Å². The molecular weight excluding hydrogens is 455 g/mol. The van der Waals surface area contributed by atoms with Gasteiger partial charge in [0, 0.05) is 15.4 Å². The molecule has 4 rings (SSSR count). The topological polar surface area (TPSA) is 63.1 Å². The Morgan fingerprint density at radius 2 is 1.69 bits per heavy atom. The highest BCUT2D eigenvalue weighted by atomic mass is 79.9. The zero-order chi connectivity index (χ0) is 20.5. The van der Waals surface area contributed by atoms with E-state index in [0.29, 0.717) is 22.4 Å². The first kappa shape index (κ1) is 19.5. The van der Waals surface area contributed by atoms with E-state index in [4.69, 9.17) is 17.7 Å². The maximum atomic E-state index is 13.9. The zero-order valence-electron chi connectivity index (χ0n) is 14.9. The van der Waals surface area contributed by atoms with Crippen LogP contribution in [0.4, 0.5) is 4.39 Å². The number of fused-ring (bicyclic) bond motifs is 1. The molecule has 4 nitrogen and oxygen atoms in total. The second-order valence-electron chi connectivity index (χ2n) is 6.43. The number of carbonyl (C=O) groups is 1. The quantitative estimate of drug-likeness (QED) is 0.365. The number of carboxylic acid groups (broad SMARTS) is 1. The molecule has 4 aromatic rings. The zero-order valence-corrected chi connectivity index (χ0v) is 17.4. The normalized spacial score (nSPS) is 12.1. The smallest absolute Gasteiger partial charge is 0.335 e. The van der Waals surface area contributed by atoms with Crippen molar-refractivity contribution in [2.75, 3.05) is 0 Å². The number of hydrogen-bond donors (Lipinski definition) is 2. The lowest BCUT2D eigenvalue weighted by Crippen LogP contribution is -2.03. The van der Waals surface area contributed by atoms with Crippen molar-refractivity contribution in [3.05, 3.63) is 93.8 Å². The van der Waals surface area contributed by atoms with Crippen molar-refractivity contribution in [3.63, 3.8) is 0 Å². The molecule has 0 aliphatic carbocycles. The summed E-state index contributed by atoms with van der Waals surface area (Å²) in [5.74, 6) is -0.882. The number of hydrogen-bond acceptors (Lipinski definition) is 4. The Balaban J connectivity index is 1.87. The Labute approximate surface area is 180 Å². The van der Waals surface area contributed by atoms with Gasteiger partial charge in [0.2, 0.25) is 0 Å². The molecule has 0 spiro atoms. The molecule has 0 saturated heterocycles. The highest BCUT2D eigenvalue weighted by Crippen LogP contribution is 2.34. The molecule has 1 heterocycles. The van der Waals surface area contributed by atoms with E-state index < -0.39 is 11.2 Å². The maximum Gasteiger partial charge on any atom is 0.335 e. The summed E-state index contributed by atoms with van der Waals surface area (Å²) in [7, 11) is 0.